The van der Waals surface area contributed by atoms with Crippen molar-refractivity contribution in [1.29, 1.82) is 0 Å². The Kier molecular flexibility index (Phi) is 12.9. The van der Waals surface area contributed by atoms with Crippen molar-refractivity contribution in [1.82, 2.24) is 20.9 Å². The molecule has 1 atom stereocenters. The molecule has 1 aliphatic heterocycles. The highest BCUT2D eigenvalue weighted by atomic mass is 127. The Bertz CT molecular complexity index is 581. The smallest absolute Gasteiger partial charge is 0.222 e. The van der Waals surface area contributed by atoms with Gasteiger partial charge in [-0.2, -0.15) is 0 Å². The lowest BCUT2D eigenvalue weighted by Gasteiger charge is -2.33. The molecule has 1 amide bonds. The molecule has 0 saturated carbocycles. The second kappa shape index (κ2) is 14.6. The molecule has 3 N–H and O–H groups in total. The van der Waals surface area contributed by atoms with Crippen LogP contribution in [0.2, 0.25) is 0 Å². The number of hydrogen-bond donors (Lipinski definition) is 3. The monoisotopic (exact) mass is 501 g/mol. The van der Waals surface area contributed by atoms with E-state index in [0.29, 0.717) is 25.6 Å². The molecule has 0 aromatic heterocycles. The van der Waals surface area contributed by atoms with Gasteiger partial charge >= 0.3 is 0 Å². The predicted molar refractivity (Wildman–Crippen MR) is 127 cm³/mol. The van der Waals surface area contributed by atoms with E-state index in [2.05, 4.69) is 32.8 Å². The van der Waals surface area contributed by atoms with E-state index in [0.717, 1.165) is 31.0 Å². The molecule has 0 spiro atoms. The number of piperidine rings is 1. The van der Waals surface area contributed by atoms with Gasteiger partial charge in [0.2, 0.25) is 5.91 Å². The molecule has 1 fully saturated rings. The maximum atomic E-state index is 11.9. The second-order valence-corrected chi connectivity index (χ2v) is 7.17. The van der Waals surface area contributed by atoms with Crippen LogP contribution in [-0.4, -0.2) is 56.0 Å². The second-order valence-electron chi connectivity index (χ2n) is 7.17. The maximum Gasteiger partial charge on any atom is 0.222 e. The summed E-state index contributed by atoms with van der Waals surface area (Å²) in [4.78, 5) is 18.7. The lowest BCUT2D eigenvalue weighted by molar-refractivity contribution is -0.121. The van der Waals surface area contributed by atoms with Crippen LogP contribution < -0.4 is 16.0 Å². The Morgan fingerprint density at radius 1 is 1.14 bits per heavy atom. The van der Waals surface area contributed by atoms with Gasteiger partial charge in [0, 0.05) is 45.7 Å². The SMILES string of the molecule is CN=C(NCCCN1CCCCC1C)NCCC(=O)NCc1ccccc1.I. The number of guanidine groups is 1. The molecule has 1 aromatic rings. The fourth-order valence-electron chi connectivity index (χ4n) is 3.38. The van der Waals surface area contributed by atoms with Crippen molar-refractivity contribution in [3.8, 4) is 0 Å². The van der Waals surface area contributed by atoms with E-state index in [-0.39, 0.29) is 29.9 Å². The summed E-state index contributed by atoms with van der Waals surface area (Å²) in [5, 5.41) is 9.48. The molecule has 0 radical (unpaired) electrons. The molecule has 1 saturated heterocycles. The van der Waals surface area contributed by atoms with Gasteiger partial charge in [-0.3, -0.25) is 9.79 Å². The van der Waals surface area contributed by atoms with Gasteiger partial charge in [-0.25, -0.2) is 0 Å². The van der Waals surface area contributed by atoms with E-state index in [4.69, 9.17) is 0 Å². The summed E-state index contributed by atoms with van der Waals surface area (Å²) in [5.74, 6) is 0.804. The topological polar surface area (TPSA) is 68.8 Å². The van der Waals surface area contributed by atoms with Crippen molar-refractivity contribution in [3.05, 3.63) is 35.9 Å². The minimum atomic E-state index is 0. The summed E-state index contributed by atoms with van der Waals surface area (Å²) in [7, 11) is 1.76. The normalized spacial score (nSPS) is 17.5. The third-order valence-corrected chi connectivity index (χ3v) is 5.06. The average Bonchev–Trinajstić information content (AvgIpc) is 2.70. The lowest BCUT2D eigenvalue weighted by Crippen LogP contribution is -2.42. The van der Waals surface area contributed by atoms with Gasteiger partial charge in [0.05, 0.1) is 0 Å². The molecular weight excluding hydrogens is 465 g/mol. The highest BCUT2D eigenvalue weighted by Crippen LogP contribution is 2.15. The van der Waals surface area contributed by atoms with Gasteiger partial charge in [0.25, 0.3) is 0 Å². The van der Waals surface area contributed by atoms with E-state index >= 15 is 0 Å². The number of likely N-dealkylation sites (tertiary alicyclic amines) is 1. The molecule has 1 unspecified atom stereocenters. The third-order valence-electron chi connectivity index (χ3n) is 5.06. The summed E-state index contributed by atoms with van der Waals surface area (Å²) in [5.41, 5.74) is 1.11. The van der Waals surface area contributed by atoms with Crippen LogP contribution in [0.1, 0.15) is 44.6 Å². The van der Waals surface area contributed by atoms with Crippen LogP contribution in [0.3, 0.4) is 0 Å². The highest BCUT2D eigenvalue weighted by Gasteiger charge is 2.17. The van der Waals surface area contributed by atoms with Gasteiger partial charge in [0.1, 0.15) is 0 Å². The van der Waals surface area contributed by atoms with Crippen LogP contribution >= 0.6 is 24.0 Å². The van der Waals surface area contributed by atoms with E-state index in [1.807, 2.05) is 30.3 Å². The Balaban J connectivity index is 0.00000392. The number of carbonyl (C=O) groups is 1. The molecule has 6 nitrogen and oxygen atoms in total. The fraction of sp³-hybridized carbons (Fsp3) is 0.619. The first-order chi connectivity index (χ1) is 13.2. The number of carbonyl (C=O) groups excluding carboxylic acids is 1. The zero-order valence-corrected chi connectivity index (χ0v) is 19.6. The molecule has 0 aliphatic carbocycles. The first kappa shape index (κ1) is 24.7. The van der Waals surface area contributed by atoms with Crippen LogP contribution in [0.5, 0.6) is 0 Å². The average molecular weight is 501 g/mol. The summed E-state index contributed by atoms with van der Waals surface area (Å²) >= 11 is 0. The van der Waals surface area contributed by atoms with Crippen LogP contribution in [0.15, 0.2) is 35.3 Å². The standard InChI is InChI=1S/C21H35N5O.HI/c1-18-9-6-7-15-26(18)16-8-13-23-21(22-2)24-14-12-20(27)25-17-19-10-4-3-5-11-19;/h3-5,10-11,18H,6-9,12-17H2,1-2H3,(H,25,27)(H2,22,23,24);1H. The first-order valence-electron chi connectivity index (χ1n) is 10.2. The van der Waals surface area contributed by atoms with Crippen molar-refractivity contribution >= 4 is 35.8 Å². The van der Waals surface area contributed by atoms with E-state index < -0.39 is 0 Å². The highest BCUT2D eigenvalue weighted by molar-refractivity contribution is 14.0. The summed E-state index contributed by atoms with van der Waals surface area (Å²) < 4.78 is 0. The van der Waals surface area contributed by atoms with Gasteiger partial charge in [0.15, 0.2) is 5.96 Å². The molecule has 1 heterocycles. The van der Waals surface area contributed by atoms with Crippen LogP contribution in [0, 0.1) is 0 Å². The third kappa shape index (κ3) is 9.73. The summed E-state index contributed by atoms with van der Waals surface area (Å²) in [6.07, 6.45) is 5.54. The minimum absolute atomic E-state index is 0. The number of hydrogen-bond acceptors (Lipinski definition) is 3. The predicted octanol–water partition coefficient (Wildman–Crippen LogP) is 2.74. The number of halogens is 1. The van der Waals surface area contributed by atoms with Gasteiger partial charge in [-0.05, 0) is 38.3 Å². The van der Waals surface area contributed by atoms with Crippen LogP contribution in [0.25, 0.3) is 0 Å². The molecule has 1 aromatic carbocycles. The zero-order chi connectivity index (χ0) is 19.3. The van der Waals surface area contributed by atoms with Crippen molar-refractivity contribution in [2.24, 2.45) is 4.99 Å². The van der Waals surface area contributed by atoms with E-state index in [1.54, 1.807) is 7.05 Å². The number of aliphatic imine (C=N–C) groups is 1. The molecule has 7 heteroatoms. The number of nitrogens with zero attached hydrogens (tertiary/aromatic N) is 2. The number of rotatable bonds is 9. The molecule has 2 rings (SSSR count). The quantitative estimate of drug-likeness (QED) is 0.211. The van der Waals surface area contributed by atoms with Crippen LogP contribution in [-0.2, 0) is 11.3 Å². The fourth-order valence-corrected chi connectivity index (χ4v) is 3.38. The number of nitrogens with one attached hydrogen (secondary N) is 3. The summed E-state index contributed by atoms with van der Waals surface area (Å²) in [6, 6.07) is 10.7. The van der Waals surface area contributed by atoms with Gasteiger partial charge in [-0.15, -0.1) is 24.0 Å². The summed E-state index contributed by atoms with van der Waals surface area (Å²) in [6.45, 7) is 6.73. The van der Waals surface area contributed by atoms with Crippen molar-refractivity contribution in [2.45, 2.75) is 51.6 Å². The Labute approximate surface area is 187 Å². The van der Waals surface area contributed by atoms with Crippen molar-refractivity contribution < 1.29 is 4.79 Å². The first-order valence-corrected chi connectivity index (χ1v) is 10.2. The largest absolute Gasteiger partial charge is 0.356 e. The van der Waals surface area contributed by atoms with E-state index in [9.17, 15) is 4.79 Å². The van der Waals surface area contributed by atoms with Gasteiger partial charge < -0.3 is 20.9 Å². The van der Waals surface area contributed by atoms with E-state index in [1.165, 1.54) is 25.8 Å². The molecule has 1 aliphatic rings. The molecule has 0 bridgehead atoms. The Morgan fingerprint density at radius 3 is 2.61 bits per heavy atom. The van der Waals surface area contributed by atoms with Crippen molar-refractivity contribution in [2.75, 3.05) is 33.2 Å². The number of benzene rings is 1. The molecule has 28 heavy (non-hydrogen) atoms. The maximum absolute atomic E-state index is 11.9. The minimum Gasteiger partial charge on any atom is -0.356 e. The zero-order valence-electron chi connectivity index (χ0n) is 17.2. The van der Waals surface area contributed by atoms with Crippen LogP contribution in [0.4, 0.5) is 0 Å². The Morgan fingerprint density at radius 2 is 1.89 bits per heavy atom. The number of amides is 1. The molecule has 158 valence electrons. The Hall–Kier alpha value is -1.35. The molecular formula is C21H36IN5O. The van der Waals surface area contributed by atoms with Gasteiger partial charge in [-0.1, -0.05) is 36.8 Å². The van der Waals surface area contributed by atoms with Crippen molar-refractivity contribution in [3.63, 3.8) is 0 Å². The lowest BCUT2D eigenvalue weighted by atomic mass is 10.0.